The Morgan fingerprint density at radius 1 is 1.35 bits per heavy atom. The van der Waals surface area contributed by atoms with Crippen molar-refractivity contribution < 1.29 is 4.74 Å². The van der Waals surface area contributed by atoms with Crippen molar-refractivity contribution in [1.82, 2.24) is 14.7 Å². The van der Waals surface area contributed by atoms with Gasteiger partial charge in [0.15, 0.2) is 0 Å². The van der Waals surface area contributed by atoms with Crippen molar-refractivity contribution in [2.24, 2.45) is 0 Å². The summed E-state index contributed by atoms with van der Waals surface area (Å²) in [5.41, 5.74) is 1.50. The summed E-state index contributed by atoms with van der Waals surface area (Å²) in [4.78, 5) is 7.01. The molecular weight excluding hydrogens is 288 g/mol. The summed E-state index contributed by atoms with van der Waals surface area (Å²) in [6, 6.07) is 0. The standard InChI is InChI=1S/C18H34N4O/c1-6-18(19)16(2)7-10-21(5)11-12-22-13-14-23-17(15-22)8-9-20(3)4/h6-7,17,19H,1,8-15H2,2-5H3/b16-7+,19-18?. The Balaban J connectivity index is 2.28. The number of allylic oxidation sites excluding steroid dienone is 2. The molecular formula is C18H34N4O. The fraction of sp³-hybridized carbons (Fsp3) is 0.722. The van der Waals surface area contributed by atoms with Gasteiger partial charge in [-0.3, -0.25) is 4.90 Å². The molecule has 1 aliphatic rings. The Morgan fingerprint density at radius 3 is 2.74 bits per heavy atom. The van der Waals surface area contributed by atoms with Crippen molar-refractivity contribution in [3.8, 4) is 0 Å². The van der Waals surface area contributed by atoms with E-state index in [9.17, 15) is 0 Å². The first-order chi connectivity index (χ1) is 10.9. The second kappa shape index (κ2) is 10.7. The molecule has 0 aromatic carbocycles. The highest BCUT2D eigenvalue weighted by molar-refractivity contribution is 6.05. The largest absolute Gasteiger partial charge is 0.376 e. The minimum absolute atomic E-state index is 0.367. The minimum Gasteiger partial charge on any atom is -0.376 e. The van der Waals surface area contributed by atoms with Crippen molar-refractivity contribution in [2.75, 3.05) is 67.0 Å². The first-order valence-electron chi connectivity index (χ1n) is 8.47. The quantitative estimate of drug-likeness (QED) is 0.622. The molecule has 1 atom stereocenters. The first-order valence-corrected chi connectivity index (χ1v) is 8.47. The second-order valence-electron chi connectivity index (χ2n) is 6.65. The third-order valence-electron chi connectivity index (χ3n) is 4.26. The van der Waals surface area contributed by atoms with Gasteiger partial charge in [-0.15, -0.1) is 0 Å². The molecule has 1 fully saturated rings. The summed E-state index contributed by atoms with van der Waals surface area (Å²) in [6.07, 6.45) is 5.16. The first kappa shape index (κ1) is 20.0. The van der Waals surface area contributed by atoms with E-state index < -0.39 is 0 Å². The van der Waals surface area contributed by atoms with Crippen molar-refractivity contribution in [3.05, 3.63) is 24.3 Å². The summed E-state index contributed by atoms with van der Waals surface area (Å²) in [6.45, 7) is 12.6. The van der Waals surface area contributed by atoms with Crippen molar-refractivity contribution in [1.29, 1.82) is 5.41 Å². The summed E-state index contributed by atoms with van der Waals surface area (Å²) < 4.78 is 5.86. The zero-order valence-corrected chi connectivity index (χ0v) is 15.3. The van der Waals surface area contributed by atoms with Gasteiger partial charge in [-0.2, -0.15) is 0 Å². The third-order valence-corrected chi connectivity index (χ3v) is 4.26. The maximum Gasteiger partial charge on any atom is 0.0714 e. The molecule has 0 amide bonds. The minimum atomic E-state index is 0.367. The van der Waals surface area contributed by atoms with Gasteiger partial charge in [0.2, 0.25) is 0 Å². The van der Waals surface area contributed by atoms with Crippen LogP contribution < -0.4 is 0 Å². The second-order valence-corrected chi connectivity index (χ2v) is 6.65. The lowest BCUT2D eigenvalue weighted by Gasteiger charge is -2.34. The van der Waals surface area contributed by atoms with E-state index in [0.717, 1.165) is 57.9 Å². The molecule has 1 N–H and O–H groups in total. The average Bonchev–Trinajstić information content (AvgIpc) is 2.55. The smallest absolute Gasteiger partial charge is 0.0714 e. The van der Waals surface area contributed by atoms with Crippen LogP contribution in [0.25, 0.3) is 0 Å². The number of nitrogens with one attached hydrogen (secondary N) is 1. The van der Waals surface area contributed by atoms with Crippen LogP contribution in [0.4, 0.5) is 0 Å². The van der Waals surface area contributed by atoms with Crippen LogP contribution in [0.15, 0.2) is 24.3 Å². The Morgan fingerprint density at radius 2 is 2.09 bits per heavy atom. The fourth-order valence-corrected chi connectivity index (χ4v) is 2.53. The Kier molecular flexibility index (Phi) is 9.33. The molecule has 1 unspecified atom stereocenters. The topological polar surface area (TPSA) is 42.8 Å². The van der Waals surface area contributed by atoms with Gasteiger partial charge in [0.05, 0.1) is 18.4 Å². The van der Waals surface area contributed by atoms with Crippen LogP contribution in [0.1, 0.15) is 13.3 Å². The molecule has 23 heavy (non-hydrogen) atoms. The van der Waals surface area contributed by atoms with Crippen molar-refractivity contribution in [3.63, 3.8) is 0 Å². The van der Waals surface area contributed by atoms with Crippen LogP contribution in [-0.2, 0) is 4.74 Å². The van der Waals surface area contributed by atoms with Crippen LogP contribution in [-0.4, -0.2) is 93.5 Å². The summed E-state index contributed by atoms with van der Waals surface area (Å²) in [7, 11) is 6.35. The van der Waals surface area contributed by atoms with E-state index in [2.05, 4.69) is 48.5 Å². The molecule has 1 rings (SSSR count). The SMILES string of the molecule is C=CC(=N)/C(C)=C/CN(C)CCN1CCOC(CCN(C)C)C1. The Hall–Kier alpha value is -1.01. The molecule has 1 aliphatic heterocycles. The number of nitrogens with zero attached hydrogens (tertiary/aromatic N) is 3. The molecule has 0 aromatic rings. The molecule has 0 radical (unpaired) electrons. The highest BCUT2D eigenvalue weighted by atomic mass is 16.5. The van der Waals surface area contributed by atoms with Gasteiger partial charge in [-0.1, -0.05) is 12.7 Å². The number of hydrogen-bond donors (Lipinski definition) is 1. The van der Waals surface area contributed by atoms with Crippen molar-refractivity contribution in [2.45, 2.75) is 19.4 Å². The van der Waals surface area contributed by atoms with E-state index in [1.807, 2.05) is 6.92 Å². The number of rotatable bonds is 10. The zero-order valence-electron chi connectivity index (χ0n) is 15.3. The normalized spacial score (nSPS) is 20.3. The number of ether oxygens (including phenoxy) is 1. The monoisotopic (exact) mass is 322 g/mol. The lowest BCUT2D eigenvalue weighted by molar-refractivity contribution is -0.0355. The summed E-state index contributed by atoms with van der Waals surface area (Å²) in [5.74, 6) is 0. The highest BCUT2D eigenvalue weighted by Gasteiger charge is 2.20. The number of hydrogen-bond acceptors (Lipinski definition) is 5. The number of likely N-dealkylation sites (N-methyl/N-ethyl adjacent to an activating group) is 1. The maximum absolute atomic E-state index is 7.71. The van der Waals surface area contributed by atoms with Gasteiger partial charge in [-0.25, -0.2) is 0 Å². The van der Waals surface area contributed by atoms with E-state index in [0.29, 0.717) is 11.8 Å². The van der Waals surface area contributed by atoms with E-state index in [4.69, 9.17) is 10.1 Å². The maximum atomic E-state index is 7.71. The summed E-state index contributed by atoms with van der Waals surface area (Å²) in [5, 5.41) is 7.71. The van der Waals surface area contributed by atoms with E-state index in [-0.39, 0.29) is 0 Å². The molecule has 1 heterocycles. The van der Waals surface area contributed by atoms with Gasteiger partial charge in [0.1, 0.15) is 0 Å². The molecule has 5 heteroatoms. The molecule has 0 saturated carbocycles. The van der Waals surface area contributed by atoms with Gasteiger partial charge in [-0.05, 0) is 46.1 Å². The lowest BCUT2D eigenvalue weighted by atomic mass is 10.1. The third kappa shape index (κ3) is 8.42. The predicted octanol–water partition coefficient (Wildman–Crippen LogP) is 1.72. The molecule has 132 valence electrons. The Labute approximate surface area is 142 Å². The molecule has 0 spiro atoms. The lowest BCUT2D eigenvalue weighted by Crippen LogP contribution is -2.45. The number of morpholine rings is 1. The fourth-order valence-electron chi connectivity index (χ4n) is 2.53. The van der Waals surface area contributed by atoms with E-state index >= 15 is 0 Å². The van der Waals surface area contributed by atoms with Crippen LogP contribution in [0, 0.1) is 5.41 Å². The average molecular weight is 322 g/mol. The van der Waals surface area contributed by atoms with Crippen molar-refractivity contribution >= 4 is 5.71 Å². The molecule has 0 aliphatic carbocycles. The van der Waals surface area contributed by atoms with Crippen LogP contribution in [0.2, 0.25) is 0 Å². The van der Waals surface area contributed by atoms with E-state index in [1.54, 1.807) is 6.08 Å². The predicted molar refractivity (Wildman–Crippen MR) is 98.5 cm³/mol. The van der Waals surface area contributed by atoms with Gasteiger partial charge < -0.3 is 19.9 Å². The van der Waals surface area contributed by atoms with Crippen LogP contribution in [0.5, 0.6) is 0 Å². The molecule has 5 nitrogen and oxygen atoms in total. The van der Waals surface area contributed by atoms with Crippen LogP contribution >= 0.6 is 0 Å². The highest BCUT2D eigenvalue weighted by Crippen LogP contribution is 2.09. The molecule has 0 aromatic heterocycles. The summed E-state index contributed by atoms with van der Waals surface area (Å²) >= 11 is 0. The van der Waals surface area contributed by atoms with Gasteiger partial charge in [0, 0.05) is 39.3 Å². The van der Waals surface area contributed by atoms with Crippen LogP contribution in [0.3, 0.4) is 0 Å². The zero-order chi connectivity index (χ0) is 17.2. The van der Waals surface area contributed by atoms with E-state index in [1.165, 1.54) is 0 Å². The van der Waals surface area contributed by atoms with Gasteiger partial charge in [0.25, 0.3) is 0 Å². The van der Waals surface area contributed by atoms with Gasteiger partial charge >= 0.3 is 0 Å². The Bertz CT molecular complexity index is 406. The molecule has 0 bridgehead atoms. The molecule has 1 saturated heterocycles.